The Bertz CT molecular complexity index is 1380. The molecule has 3 rings (SSSR count). The van der Waals surface area contributed by atoms with Gasteiger partial charge in [0.25, 0.3) is 10.0 Å². The Morgan fingerprint density at radius 3 is 2.11 bits per heavy atom. The molecule has 3 aromatic rings. The summed E-state index contributed by atoms with van der Waals surface area (Å²) in [6.07, 6.45) is 0. The molecule has 0 radical (unpaired) electrons. The number of halogens is 2. The van der Waals surface area contributed by atoms with E-state index < -0.39 is 45.8 Å². The monoisotopic (exact) mass is 559 g/mol. The smallest absolute Gasteiger partial charge is 0.264 e. The molecule has 1 atom stereocenters. The van der Waals surface area contributed by atoms with E-state index in [0.29, 0.717) is 5.02 Å². The van der Waals surface area contributed by atoms with Gasteiger partial charge in [-0.15, -0.1) is 0 Å². The second-order valence-electron chi connectivity index (χ2n) is 9.83. The Labute approximate surface area is 228 Å². The molecule has 38 heavy (non-hydrogen) atoms. The molecule has 1 N–H and O–H groups in total. The summed E-state index contributed by atoms with van der Waals surface area (Å²) in [5.41, 5.74) is -0.122. The summed E-state index contributed by atoms with van der Waals surface area (Å²) in [5, 5.41) is 3.19. The fourth-order valence-electron chi connectivity index (χ4n) is 3.72. The van der Waals surface area contributed by atoms with Crippen LogP contribution in [0, 0.1) is 5.82 Å². The van der Waals surface area contributed by atoms with Crippen LogP contribution in [0.2, 0.25) is 5.02 Å². The first-order chi connectivity index (χ1) is 17.8. The molecule has 0 saturated heterocycles. The van der Waals surface area contributed by atoms with Gasteiger partial charge < -0.3 is 10.2 Å². The Morgan fingerprint density at radius 1 is 0.947 bits per heavy atom. The van der Waals surface area contributed by atoms with E-state index in [4.69, 9.17) is 11.6 Å². The third-order valence-corrected chi connectivity index (χ3v) is 7.73. The first-order valence-electron chi connectivity index (χ1n) is 12.0. The van der Waals surface area contributed by atoms with Crippen molar-refractivity contribution in [3.8, 4) is 0 Å². The summed E-state index contributed by atoms with van der Waals surface area (Å²) in [4.78, 5) is 28.0. The topological polar surface area (TPSA) is 86.8 Å². The van der Waals surface area contributed by atoms with E-state index in [1.165, 1.54) is 54.3 Å². The minimum absolute atomic E-state index is 0.0577. The van der Waals surface area contributed by atoms with Crippen LogP contribution in [0.4, 0.5) is 10.1 Å². The van der Waals surface area contributed by atoms with Crippen molar-refractivity contribution in [1.82, 2.24) is 10.2 Å². The normalized spacial score (nSPS) is 12.5. The van der Waals surface area contributed by atoms with E-state index >= 15 is 0 Å². The number of hydrogen-bond acceptors (Lipinski definition) is 4. The van der Waals surface area contributed by atoms with E-state index in [0.717, 1.165) is 4.31 Å². The average molecular weight is 560 g/mol. The van der Waals surface area contributed by atoms with Crippen molar-refractivity contribution in [1.29, 1.82) is 0 Å². The predicted molar refractivity (Wildman–Crippen MR) is 147 cm³/mol. The van der Waals surface area contributed by atoms with Crippen molar-refractivity contribution >= 4 is 39.1 Å². The number of hydrogen-bond donors (Lipinski definition) is 1. The van der Waals surface area contributed by atoms with Crippen LogP contribution < -0.4 is 9.62 Å². The van der Waals surface area contributed by atoms with E-state index in [1.807, 2.05) is 0 Å². The Kier molecular flexibility index (Phi) is 9.17. The van der Waals surface area contributed by atoms with Crippen LogP contribution >= 0.6 is 11.6 Å². The highest BCUT2D eigenvalue weighted by Gasteiger charge is 2.33. The SMILES string of the molecule is CC(C(=O)NC(C)(C)C)N(Cc1ccccc1F)C(=O)CN(c1ccccc1)S(=O)(=O)c1ccc(Cl)cc1. The summed E-state index contributed by atoms with van der Waals surface area (Å²) in [5.74, 6) is -1.66. The van der Waals surface area contributed by atoms with Crippen LogP contribution in [0.25, 0.3) is 0 Å². The second-order valence-corrected chi connectivity index (χ2v) is 12.1. The fourth-order valence-corrected chi connectivity index (χ4v) is 5.26. The largest absolute Gasteiger partial charge is 0.350 e. The van der Waals surface area contributed by atoms with E-state index in [2.05, 4.69) is 5.32 Å². The number of benzene rings is 3. The van der Waals surface area contributed by atoms with Gasteiger partial charge in [0.05, 0.1) is 10.6 Å². The maximum atomic E-state index is 14.6. The molecular weight excluding hydrogens is 529 g/mol. The van der Waals surface area contributed by atoms with Gasteiger partial charge >= 0.3 is 0 Å². The van der Waals surface area contributed by atoms with Gasteiger partial charge in [-0.05, 0) is 70.2 Å². The predicted octanol–water partition coefficient (Wildman–Crippen LogP) is 5.01. The Balaban J connectivity index is 2.02. The number of para-hydroxylation sites is 1. The lowest BCUT2D eigenvalue weighted by Crippen LogP contribution is -2.54. The van der Waals surface area contributed by atoms with Crippen LogP contribution in [0.5, 0.6) is 0 Å². The van der Waals surface area contributed by atoms with Crippen LogP contribution in [-0.2, 0) is 26.2 Å². The number of nitrogens with one attached hydrogen (secondary N) is 1. The minimum Gasteiger partial charge on any atom is -0.350 e. The molecule has 0 spiro atoms. The molecule has 2 amide bonds. The standard InChI is InChI=1S/C28H31ClFN3O4S/c1-20(27(35)31-28(2,3)4)32(18-21-10-8-9-13-25(21)30)26(34)19-33(23-11-6-5-7-12-23)38(36,37)24-16-14-22(29)15-17-24/h5-17,20H,18-19H2,1-4H3,(H,31,35). The number of carbonyl (C=O) groups is 2. The maximum Gasteiger partial charge on any atom is 0.264 e. The number of anilines is 1. The molecule has 0 saturated carbocycles. The molecule has 1 unspecified atom stereocenters. The Hall–Kier alpha value is -3.43. The van der Waals surface area contributed by atoms with Crippen molar-refractivity contribution in [2.75, 3.05) is 10.8 Å². The first-order valence-corrected chi connectivity index (χ1v) is 13.8. The van der Waals surface area contributed by atoms with Gasteiger partial charge in [-0.1, -0.05) is 48.0 Å². The number of sulfonamides is 1. The maximum absolute atomic E-state index is 14.6. The average Bonchev–Trinajstić information content (AvgIpc) is 2.86. The van der Waals surface area contributed by atoms with E-state index in [1.54, 1.807) is 57.2 Å². The quantitative estimate of drug-likeness (QED) is 0.399. The van der Waals surface area contributed by atoms with Gasteiger partial charge in [0, 0.05) is 22.7 Å². The summed E-state index contributed by atoms with van der Waals surface area (Å²) >= 11 is 5.95. The molecule has 10 heteroatoms. The molecule has 0 bridgehead atoms. The first kappa shape index (κ1) is 29.1. The summed E-state index contributed by atoms with van der Waals surface area (Å²) in [6, 6.07) is 18.7. The van der Waals surface area contributed by atoms with Crippen molar-refractivity contribution in [2.24, 2.45) is 0 Å². The summed E-state index contributed by atoms with van der Waals surface area (Å²) in [6.45, 7) is 6.09. The van der Waals surface area contributed by atoms with Gasteiger partial charge in [0.2, 0.25) is 11.8 Å². The molecule has 0 aliphatic heterocycles. The minimum atomic E-state index is -4.20. The van der Waals surface area contributed by atoms with E-state index in [-0.39, 0.29) is 22.7 Å². The van der Waals surface area contributed by atoms with Crippen LogP contribution in [-0.4, -0.2) is 43.3 Å². The van der Waals surface area contributed by atoms with E-state index in [9.17, 15) is 22.4 Å². The summed E-state index contributed by atoms with van der Waals surface area (Å²) in [7, 11) is -4.20. The molecule has 0 heterocycles. The van der Waals surface area contributed by atoms with Gasteiger partial charge in [0.1, 0.15) is 18.4 Å². The van der Waals surface area contributed by atoms with Crippen LogP contribution in [0.1, 0.15) is 33.3 Å². The van der Waals surface area contributed by atoms with Crippen molar-refractivity contribution < 1.29 is 22.4 Å². The summed E-state index contributed by atoms with van der Waals surface area (Å²) < 4.78 is 42.9. The number of amides is 2. The van der Waals surface area contributed by atoms with Gasteiger partial charge in [-0.3, -0.25) is 13.9 Å². The third kappa shape index (κ3) is 7.33. The zero-order valence-corrected chi connectivity index (χ0v) is 23.3. The lowest BCUT2D eigenvalue weighted by Gasteiger charge is -2.33. The highest BCUT2D eigenvalue weighted by molar-refractivity contribution is 7.92. The van der Waals surface area contributed by atoms with Crippen LogP contribution in [0.3, 0.4) is 0 Å². The molecule has 0 aliphatic rings. The molecule has 7 nitrogen and oxygen atoms in total. The third-order valence-electron chi connectivity index (χ3n) is 5.69. The van der Waals surface area contributed by atoms with Crippen LogP contribution in [0.15, 0.2) is 83.8 Å². The lowest BCUT2D eigenvalue weighted by atomic mass is 10.1. The number of rotatable bonds is 9. The fraction of sp³-hybridized carbons (Fsp3) is 0.286. The van der Waals surface area contributed by atoms with Crippen molar-refractivity contribution in [2.45, 2.75) is 50.7 Å². The highest BCUT2D eigenvalue weighted by Crippen LogP contribution is 2.25. The highest BCUT2D eigenvalue weighted by atomic mass is 35.5. The van der Waals surface area contributed by atoms with Gasteiger partial charge in [-0.2, -0.15) is 0 Å². The zero-order chi connectivity index (χ0) is 28.1. The number of nitrogens with zero attached hydrogens (tertiary/aromatic N) is 2. The lowest BCUT2D eigenvalue weighted by molar-refractivity contribution is -0.140. The molecule has 0 aromatic heterocycles. The van der Waals surface area contributed by atoms with Crippen molar-refractivity contribution in [3.05, 3.63) is 95.3 Å². The van der Waals surface area contributed by atoms with Gasteiger partial charge in [0.15, 0.2) is 0 Å². The van der Waals surface area contributed by atoms with Crippen molar-refractivity contribution in [3.63, 3.8) is 0 Å². The molecule has 3 aromatic carbocycles. The molecule has 0 aliphatic carbocycles. The Morgan fingerprint density at radius 2 is 1.53 bits per heavy atom. The zero-order valence-electron chi connectivity index (χ0n) is 21.7. The second kappa shape index (κ2) is 12.0. The van der Waals surface area contributed by atoms with Gasteiger partial charge in [-0.25, -0.2) is 12.8 Å². The molecule has 0 fully saturated rings. The number of carbonyl (C=O) groups excluding carboxylic acids is 2. The molecular formula is C28H31ClFN3O4S. The molecule has 202 valence electrons.